The molecular weight excluding hydrogens is 336 g/mol. The molecular formula is C18H28N4O2S. The molecule has 25 heavy (non-hydrogen) atoms. The summed E-state index contributed by atoms with van der Waals surface area (Å²) in [5.41, 5.74) is 0.849. The SMILES string of the molecule is CC(C)(C)c1cc(-c2n[nH]c(C(C)(C)SCC3CCOCC3)n2)on1. The number of thioether (sulfide) groups is 1. The lowest BCUT2D eigenvalue weighted by atomic mass is 9.92. The monoisotopic (exact) mass is 364 g/mol. The number of rotatable bonds is 5. The number of H-pyrrole nitrogens is 1. The number of aromatic amines is 1. The van der Waals surface area contributed by atoms with Gasteiger partial charge in [-0.2, -0.15) is 0 Å². The fraction of sp³-hybridized carbons (Fsp3) is 0.722. The second-order valence-electron chi connectivity index (χ2n) is 8.21. The first-order chi connectivity index (χ1) is 11.8. The van der Waals surface area contributed by atoms with Gasteiger partial charge in [0.25, 0.3) is 0 Å². The minimum atomic E-state index is -0.129. The second-order valence-corrected chi connectivity index (χ2v) is 9.85. The van der Waals surface area contributed by atoms with Crippen LogP contribution in [0.4, 0.5) is 0 Å². The van der Waals surface area contributed by atoms with Crippen molar-refractivity contribution in [2.24, 2.45) is 5.92 Å². The zero-order valence-corrected chi connectivity index (χ0v) is 16.6. The third-order valence-corrected chi connectivity index (χ3v) is 6.13. The van der Waals surface area contributed by atoms with Gasteiger partial charge in [0, 0.05) is 24.7 Å². The summed E-state index contributed by atoms with van der Waals surface area (Å²) in [5.74, 6) is 3.88. The van der Waals surface area contributed by atoms with Crippen LogP contribution in [0.5, 0.6) is 0 Å². The van der Waals surface area contributed by atoms with Gasteiger partial charge in [0.15, 0.2) is 0 Å². The molecule has 0 radical (unpaired) electrons. The van der Waals surface area contributed by atoms with E-state index in [2.05, 4.69) is 55.0 Å². The van der Waals surface area contributed by atoms with Gasteiger partial charge in [-0.3, -0.25) is 5.10 Å². The molecule has 3 heterocycles. The van der Waals surface area contributed by atoms with Crippen LogP contribution in [0, 0.1) is 5.92 Å². The molecule has 0 aliphatic carbocycles. The van der Waals surface area contributed by atoms with E-state index < -0.39 is 0 Å². The highest BCUT2D eigenvalue weighted by Crippen LogP contribution is 2.37. The predicted molar refractivity (Wildman–Crippen MR) is 99.6 cm³/mol. The van der Waals surface area contributed by atoms with Gasteiger partial charge in [0.1, 0.15) is 5.82 Å². The van der Waals surface area contributed by atoms with Gasteiger partial charge in [0.2, 0.25) is 11.6 Å². The van der Waals surface area contributed by atoms with Gasteiger partial charge < -0.3 is 9.26 Å². The highest BCUT2D eigenvalue weighted by Gasteiger charge is 2.29. The molecule has 0 saturated carbocycles. The molecule has 0 amide bonds. The molecule has 7 heteroatoms. The van der Waals surface area contributed by atoms with Crippen LogP contribution < -0.4 is 0 Å². The fourth-order valence-corrected chi connectivity index (χ4v) is 3.90. The van der Waals surface area contributed by atoms with Crippen LogP contribution in [0.1, 0.15) is 59.0 Å². The Morgan fingerprint density at radius 3 is 2.56 bits per heavy atom. The maximum atomic E-state index is 5.44. The van der Waals surface area contributed by atoms with Crippen LogP contribution in [0.25, 0.3) is 11.6 Å². The van der Waals surface area contributed by atoms with E-state index in [4.69, 9.17) is 9.26 Å². The summed E-state index contributed by atoms with van der Waals surface area (Å²) >= 11 is 1.92. The molecule has 0 bridgehead atoms. The molecule has 1 N–H and O–H groups in total. The number of nitrogens with zero attached hydrogens (tertiary/aromatic N) is 3. The Labute approximate surface area is 153 Å². The van der Waals surface area contributed by atoms with Crippen molar-refractivity contribution >= 4 is 11.8 Å². The van der Waals surface area contributed by atoms with Crippen LogP contribution in [0.2, 0.25) is 0 Å². The first kappa shape index (κ1) is 18.5. The summed E-state index contributed by atoms with van der Waals surface area (Å²) in [5, 5.41) is 11.6. The molecule has 0 atom stereocenters. The standard InChI is InChI=1S/C18H28N4O2S/c1-17(2,3)14-10-13(24-22-14)15-19-16(21-20-15)18(4,5)25-11-12-6-8-23-9-7-12/h10,12H,6-9,11H2,1-5H3,(H,19,20,21). The third-order valence-electron chi connectivity index (χ3n) is 4.58. The topological polar surface area (TPSA) is 76.8 Å². The lowest BCUT2D eigenvalue weighted by molar-refractivity contribution is 0.0727. The van der Waals surface area contributed by atoms with Crippen LogP contribution in [-0.4, -0.2) is 39.3 Å². The van der Waals surface area contributed by atoms with E-state index in [1.54, 1.807) is 0 Å². The van der Waals surface area contributed by atoms with Gasteiger partial charge >= 0.3 is 0 Å². The average Bonchev–Trinajstić information content (AvgIpc) is 3.22. The first-order valence-electron chi connectivity index (χ1n) is 8.88. The van der Waals surface area contributed by atoms with Crippen molar-refractivity contribution in [3.63, 3.8) is 0 Å². The normalized spacial score (nSPS) is 17.2. The fourth-order valence-electron chi connectivity index (χ4n) is 2.68. The molecule has 1 saturated heterocycles. The smallest absolute Gasteiger partial charge is 0.219 e. The minimum Gasteiger partial charge on any atom is -0.381 e. The van der Waals surface area contributed by atoms with Crippen molar-refractivity contribution in [1.82, 2.24) is 20.3 Å². The number of ether oxygens (including phenoxy) is 1. The van der Waals surface area contributed by atoms with Crippen molar-refractivity contribution in [2.45, 2.75) is 57.6 Å². The summed E-state index contributed by atoms with van der Waals surface area (Å²) in [6.45, 7) is 12.5. The van der Waals surface area contributed by atoms with Gasteiger partial charge in [-0.05, 0) is 38.4 Å². The molecule has 1 aliphatic rings. The summed E-state index contributed by atoms with van der Waals surface area (Å²) in [7, 11) is 0. The zero-order chi connectivity index (χ0) is 18.1. The highest BCUT2D eigenvalue weighted by atomic mass is 32.2. The highest BCUT2D eigenvalue weighted by molar-refractivity contribution is 8.00. The molecule has 2 aromatic rings. The Hall–Kier alpha value is -1.34. The molecule has 2 aromatic heterocycles. The first-order valence-corrected chi connectivity index (χ1v) is 9.86. The van der Waals surface area contributed by atoms with Gasteiger partial charge in [0.05, 0.1) is 10.4 Å². The van der Waals surface area contributed by atoms with Crippen molar-refractivity contribution in [3.8, 4) is 11.6 Å². The van der Waals surface area contributed by atoms with E-state index in [1.165, 1.54) is 0 Å². The van der Waals surface area contributed by atoms with E-state index in [9.17, 15) is 0 Å². The lowest BCUT2D eigenvalue weighted by Crippen LogP contribution is -2.21. The minimum absolute atomic E-state index is 0.0558. The van der Waals surface area contributed by atoms with Crippen molar-refractivity contribution in [2.75, 3.05) is 19.0 Å². The van der Waals surface area contributed by atoms with E-state index in [1.807, 2.05) is 17.8 Å². The largest absolute Gasteiger partial charge is 0.381 e. The molecule has 1 fully saturated rings. The van der Waals surface area contributed by atoms with Gasteiger partial charge in [-0.25, -0.2) is 4.98 Å². The molecule has 6 nitrogen and oxygen atoms in total. The molecule has 3 rings (SSSR count). The third kappa shape index (κ3) is 4.44. The quantitative estimate of drug-likeness (QED) is 0.859. The molecule has 0 aromatic carbocycles. The second kappa shape index (κ2) is 7.11. The van der Waals surface area contributed by atoms with Gasteiger partial charge in [-0.15, -0.1) is 16.9 Å². The summed E-state index contributed by atoms with van der Waals surface area (Å²) in [6, 6.07) is 1.93. The number of nitrogens with one attached hydrogen (secondary N) is 1. The van der Waals surface area contributed by atoms with E-state index >= 15 is 0 Å². The number of hydrogen-bond donors (Lipinski definition) is 1. The maximum Gasteiger partial charge on any atom is 0.219 e. The Morgan fingerprint density at radius 1 is 1.20 bits per heavy atom. The summed E-state index contributed by atoms with van der Waals surface area (Å²) in [6.07, 6.45) is 2.30. The zero-order valence-electron chi connectivity index (χ0n) is 15.8. The Bertz CT molecular complexity index is 696. The molecule has 138 valence electrons. The number of aromatic nitrogens is 4. The van der Waals surface area contributed by atoms with Crippen LogP contribution in [0.15, 0.2) is 10.6 Å². The van der Waals surface area contributed by atoms with Crippen molar-refractivity contribution in [1.29, 1.82) is 0 Å². The summed E-state index contributed by atoms with van der Waals surface area (Å²) < 4.78 is 10.8. The predicted octanol–water partition coefficient (Wildman–Crippen LogP) is 4.15. The lowest BCUT2D eigenvalue weighted by Gasteiger charge is -2.26. The van der Waals surface area contributed by atoms with Gasteiger partial charge in [-0.1, -0.05) is 25.9 Å². The Morgan fingerprint density at radius 2 is 1.92 bits per heavy atom. The van der Waals surface area contributed by atoms with Crippen LogP contribution in [-0.2, 0) is 14.9 Å². The summed E-state index contributed by atoms with van der Waals surface area (Å²) in [4.78, 5) is 4.67. The van der Waals surface area contributed by atoms with Crippen LogP contribution >= 0.6 is 11.8 Å². The van der Waals surface area contributed by atoms with Crippen molar-refractivity contribution in [3.05, 3.63) is 17.6 Å². The molecule has 1 aliphatic heterocycles. The molecule has 0 spiro atoms. The number of hydrogen-bond acceptors (Lipinski definition) is 6. The van der Waals surface area contributed by atoms with E-state index in [-0.39, 0.29) is 10.2 Å². The maximum absolute atomic E-state index is 5.44. The van der Waals surface area contributed by atoms with Crippen molar-refractivity contribution < 1.29 is 9.26 Å². The van der Waals surface area contributed by atoms with Crippen LogP contribution in [0.3, 0.4) is 0 Å². The van der Waals surface area contributed by atoms with E-state index in [0.29, 0.717) is 11.6 Å². The van der Waals surface area contributed by atoms with E-state index in [0.717, 1.165) is 49.2 Å². The average molecular weight is 365 g/mol. The molecule has 0 unspecified atom stereocenters. The Balaban J connectivity index is 1.68. The Kier molecular flexibility index (Phi) is 5.25.